The van der Waals surface area contributed by atoms with Crippen molar-refractivity contribution in [1.82, 2.24) is 4.31 Å². The molecule has 2 aromatic carbocycles. The third-order valence-electron chi connectivity index (χ3n) is 4.08. The first kappa shape index (κ1) is 22.7. The molecule has 150 valence electrons. The van der Waals surface area contributed by atoms with Crippen molar-refractivity contribution in [2.75, 3.05) is 19.7 Å². The highest BCUT2D eigenvalue weighted by Gasteiger charge is 2.47. The first-order valence-corrected chi connectivity index (χ1v) is 9.91. The number of rotatable bonds is 5. The number of nitrogens with two attached hydrogens (primary N) is 1. The fourth-order valence-electron chi connectivity index (χ4n) is 2.64. The smallest absolute Gasteiger partial charge is 0.244 e. The van der Waals surface area contributed by atoms with Crippen molar-refractivity contribution in [3.8, 4) is 11.8 Å². The van der Waals surface area contributed by atoms with Crippen LogP contribution in [0.2, 0.25) is 10.0 Å². The molecule has 1 aliphatic heterocycles. The Bertz CT molecular complexity index is 1040. The zero-order valence-corrected chi connectivity index (χ0v) is 17.4. The second kappa shape index (κ2) is 8.41. The normalized spacial score (nSPS) is 15.8. The van der Waals surface area contributed by atoms with E-state index in [-0.39, 0.29) is 53.3 Å². The van der Waals surface area contributed by atoms with Gasteiger partial charge >= 0.3 is 0 Å². The molecule has 6 nitrogen and oxygen atoms in total. The first-order chi connectivity index (χ1) is 12.6. The molecule has 2 aromatic rings. The maximum absolute atomic E-state index is 13.6. The van der Waals surface area contributed by atoms with Crippen LogP contribution in [0, 0.1) is 17.1 Å². The number of hydrogen-bond acceptors (Lipinski definition) is 5. The van der Waals surface area contributed by atoms with E-state index >= 15 is 0 Å². The van der Waals surface area contributed by atoms with Crippen molar-refractivity contribution < 1.29 is 17.5 Å². The van der Waals surface area contributed by atoms with Crippen LogP contribution in [0.3, 0.4) is 0 Å². The van der Waals surface area contributed by atoms with E-state index in [2.05, 4.69) is 0 Å². The molecule has 1 aliphatic rings. The number of benzene rings is 2. The highest BCUT2D eigenvalue weighted by molar-refractivity contribution is 7.89. The third-order valence-corrected chi connectivity index (χ3v) is 6.59. The fourth-order valence-corrected chi connectivity index (χ4v) is 5.02. The molecule has 1 saturated heterocycles. The minimum atomic E-state index is -3.81. The van der Waals surface area contributed by atoms with Crippen molar-refractivity contribution in [2.45, 2.75) is 10.4 Å². The van der Waals surface area contributed by atoms with Gasteiger partial charge in [-0.3, -0.25) is 0 Å². The fraction of sp³-hybridized carbons (Fsp3) is 0.235. The number of halogens is 4. The summed E-state index contributed by atoms with van der Waals surface area (Å²) < 4.78 is 45.5. The van der Waals surface area contributed by atoms with Crippen molar-refractivity contribution in [2.24, 2.45) is 5.73 Å². The predicted octanol–water partition coefficient (Wildman–Crippen LogP) is 3.21. The molecule has 0 aliphatic carbocycles. The summed E-state index contributed by atoms with van der Waals surface area (Å²) in [6.07, 6.45) is 0. The van der Waals surface area contributed by atoms with Gasteiger partial charge in [0.2, 0.25) is 10.0 Å². The topological polar surface area (TPSA) is 96.4 Å². The Labute approximate surface area is 178 Å². The molecule has 1 heterocycles. The van der Waals surface area contributed by atoms with Crippen LogP contribution in [0.4, 0.5) is 4.39 Å². The Morgan fingerprint density at radius 1 is 1.25 bits per heavy atom. The summed E-state index contributed by atoms with van der Waals surface area (Å²) in [5.41, 5.74) is 5.13. The monoisotopic (exact) mass is 465 g/mol. The summed E-state index contributed by atoms with van der Waals surface area (Å²) in [6.45, 7) is 0.0266. The average Bonchev–Trinajstić information content (AvgIpc) is 2.57. The Balaban J connectivity index is 0.00000280. The van der Waals surface area contributed by atoms with E-state index in [0.29, 0.717) is 5.02 Å². The number of nitriles is 1. The molecule has 0 saturated carbocycles. The summed E-state index contributed by atoms with van der Waals surface area (Å²) in [6, 6.07) is 9.69. The van der Waals surface area contributed by atoms with Crippen LogP contribution >= 0.6 is 35.6 Å². The van der Waals surface area contributed by atoms with E-state index in [4.69, 9.17) is 38.9 Å². The van der Waals surface area contributed by atoms with Crippen molar-refractivity contribution in [3.05, 3.63) is 57.8 Å². The quantitative estimate of drug-likeness (QED) is 0.730. The van der Waals surface area contributed by atoms with Gasteiger partial charge in [-0.25, -0.2) is 12.8 Å². The second-order valence-electron chi connectivity index (χ2n) is 6.25. The SMILES string of the molecule is Cl.N#Cc1ccc(OCC2(N)CN(S(=O)(=O)c3ccc(Cl)cc3Cl)C2)cc1F. The van der Waals surface area contributed by atoms with Crippen molar-refractivity contribution in [1.29, 1.82) is 5.26 Å². The van der Waals surface area contributed by atoms with E-state index in [9.17, 15) is 12.8 Å². The molecule has 11 heteroatoms. The molecule has 0 radical (unpaired) electrons. The molecule has 0 amide bonds. The lowest BCUT2D eigenvalue weighted by Gasteiger charge is -2.46. The maximum atomic E-state index is 13.6. The van der Waals surface area contributed by atoms with E-state index in [1.165, 1.54) is 34.6 Å². The Kier molecular flexibility index (Phi) is 6.82. The maximum Gasteiger partial charge on any atom is 0.244 e. The number of sulfonamides is 1. The summed E-state index contributed by atoms with van der Waals surface area (Å²) in [5.74, 6) is -0.491. The first-order valence-electron chi connectivity index (χ1n) is 7.71. The van der Waals surface area contributed by atoms with Crippen LogP contribution in [-0.2, 0) is 10.0 Å². The lowest BCUT2D eigenvalue weighted by atomic mass is 9.95. The van der Waals surface area contributed by atoms with Crippen molar-refractivity contribution >= 4 is 45.6 Å². The van der Waals surface area contributed by atoms with Gasteiger partial charge in [-0.1, -0.05) is 23.2 Å². The average molecular weight is 467 g/mol. The highest BCUT2D eigenvalue weighted by Crippen LogP contribution is 2.32. The van der Waals surface area contributed by atoms with Gasteiger partial charge in [0.25, 0.3) is 0 Å². The number of ether oxygens (including phenoxy) is 1. The van der Waals surface area contributed by atoms with Gasteiger partial charge in [0.05, 0.1) is 16.1 Å². The molecule has 0 unspecified atom stereocenters. The number of hydrogen-bond donors (Lipinski definition) is 1. The standard InChI is InChI=1S/C17H14Cl2FN3O3S.ClH/c18-12-2-4-16(14(19)5-12)27(24,25)23-8-17(22,9-23)10-26-13-3-1-11(7-21)15(20)6-13;/h1-6H,8-10,22H2;1H. The van der Waals surface area contributed by atoms with Crippen LogP contribution in [0.15, 0.2) is 41.3 Å². The predicted molar refractivity (Wildman–Crippen MR) is 106 cm³/mol. The van der Waals surface area contributed by atoms with E-state index in [0.717, 1.165) is 6.07 Å². The zero-order valence-electron chi connectivity index (χ0n) is 14.2. The van der Waals surface area contributed by atoms with Crippen LogP contribution in [-0.4, -0.2) is 38.0 Å². The van der Waals surface area contributed by atoms with Gasteiger partial charge in [0, 0.05) is 24.2 Å². The molecule has 3 rings (SSSR count). The summed E-state index contributed by atoms with van der Waals surface area (Å²) in [7, 11) is -3.81. The molecular formula is C17H15Cl3FN3O3S. The third kappa shape index (κ3) is 4.51. The Hall–Kier alpha value is -1.60. The molecular weight excluding hydrogens is 452 g/mol. The lowest BCUT2D eigenvalue weighted by molar-refractivity contribution is 0.0952. The zero-order chi connectivity index (χ0) is 19.8. The Morgan fingerprint density at radius 2 is 1.93 bits per heavy atom. The van der Waals surface area contributed by atoms with Gasteiger partial charge in [-0.2, -0.15) is 9.57 Å². The molecule has 1 fully saturated rings. The minimum Gasteiger partial charge on any atom is -0.491 e. The van der Waals surface area contributed by atoms with E-state index < -0.39 is 21.4 Å². The molecule has 28 heavy (non-hydrogen) atoms. The molecule has 2 N–H and O–H groups in total. The van der Waals surface area contributed by atoms with E-state index in [1.807, 2.05) is 0 Å². The van der Waals surface area contributed by atoms with Gasteiger partial charge in [-0.05, 0) is 30.3 Å². The van der Waals surface area contributed by atoms with Gasteiger partial charge in [-0.15, -0.1) is 12.4 Å². The van der Waals surface area contributed by atoms with Crippen LogP contribution in [0.1, 0.15) is 5.56 Å². The molecule has 0 atom stereocenters. The van der Waals surface area contributed by atoms with Crippen LogP contribution in [0.5, 0.6) is 5.75 Å². The van der Waals surface area contributed by atoms with Gasteiger partial charge in [0.15, 0.2) is 0 Å². The van der Waals surface area contributed by atoms with E-state index in [1.54, 1.807) is 6.07 Å². The second-order valence-corrected chi connectivity index (χ2v) is 9.00. The molecule has 0 aromatic heterocycles. The molecule has 0 spiro atoms. The summed E-state index contributed by atoms with van der Waals surface area (Å²) in [4.78, 5) is -0.0503. The molecule has 0 bridgehead atoms. The minimum absolute atomic E-state index is 0. The summed E-state index contributed by atoms with van der Waals surface area (Å²) in [5, 5.41) is 9.08. The largest absolute Gasteiger partial charge is 0.491 e. The highest BCUT2D eigenvalue weighted by atomic mass is 35.5. The van der Waals surface area contributed by atoms with Crippen LogP contribution < -0.4 is 10.5 Å². The number of nitrogens with zero attached hydrogens (tertiary/aromatic N) is 2. The van der Waals surface area contributed by atoms with Crippen molar-refractivity contribution in [3.63, 3.8) is 0 Å². The van der Waals surface area contributed by atoms with Crippen LogP contribution in [0.25, 0.3) is 0 Å². The Morgan fingerprint density at radius 3 is 2.50 bits per heavy atom. The van der Waals surface area contributed by atoms with Gasteiger partial charge in [0.1, 0.15) is 29.1 Å². The summed E-state index contributed by atoms with van der Waals surface area (Å²) >= 11 is 11.8. The lowest BCUT2D eigenvalue weighted by Crippen LogP contribution is -2.71. The van der Waals surface area contributed by atoms with Gasteiger partial charge < -0.3 is 10.5 Å².